The van der Waals surface area contributed by atoms with Gasteiger partial charge in [0.2, 0.25) is 5.91 Å². The molecule has 2 N–H and O–H groups in total. The van der Waals surface area contributed by atoms with Crippen molar-refractivity contribution in [2.24, 2.45) is 0 Å². The summed E-state index contributed by atoms with van der Waals surface area (Å²) in [6, 6.07) is 21.3. The highest BCUT2D eigenvalue weighted by molar-refractivity contribution is 5.95. The van der Waals surface area contributed by atoms with Crippen molar-refractivity contribution in [3.8, 4) is 5.75 Å². The molecule has 9 heteroatoms. The molecule has 0 saturated carbocycles. The summed E-state index contributed by atoms with van der Waals surface area (Å²) in [5.74, 6) is 0.843. The van der Waals surface area contributed by atoms with Crippen LogP contribution in [0.3, 0.4) is 0 Å². The molecular formula is C31H37N5O4. The lowest BCUT2D eigenvalue weighted by atomic mass is 10.1. The van der Waals surface area contributed by atoms with E-state index < -0.39 is 0 Å². The first-order chi connectivity index (χ1) is 19.6. The van der Waals surface area contributed by atoms with Gasteiger partial charge in [-0.2, -0.15) is 0 Å². The van der Waals surface area contributed by atoms with E-state index in [0.29, 0.717) is 31.2 Å². The van der Waals surface area contributed by atoms with Crippen LogP contribution in [0, 0.1) is 0 Å². The third-order valence-corrected chi connectivity index (χ3v) is 7.06. The molecule has 40 heavy (non-hydrogen) atoms. The Labute approximate surface area is 235 Å². The van der Waals surface area contributed by atoms with Crippen molar-refractivity contribution in [2.45, 2.75) is 32.4 Å². The van der Waals surface area contributed by atoms with Crippen LogP contribution >= 0.6 is 0 Å². The fourth-order valence-corrected chi connectivity index (χ4v) is 4.92. The van der Waals surface area contributed by atoms with E-state index in [4.69, 9.17) is 9.47 Å². The fraction of sp³-hybridized carbons (Fsp3) is 0.387. The summed E-state index contributed by atoms with van der Waals surface area (Å²) in [4.78, 5) is 35.0. The van der Waals surface area contributed by atoms with Crippen molar-refractivity contribution in [1.29, 1.82) is 0 Å². The summed E-state index contributed by atoms with van der Waals surface area (Å²) in [6.07, 6.45) is 2.50. The van der Waals surface area contributed by atoms with Gasteiger partial charge in [-0.25, -0.2) is 4.98 Å². The Balaban J connectivity index is 1.22. The molecule has 3 heterocycles. The predicted molar refractivity (Wildman–Crippen MR) is 154 cm³/mol. The summed E-state index contributed by atoms with van der Waals surface area (Å²) in [5, 5.41) is 6.27. The molecule has 2 aliphatic rings. The maximum Gasteiger partial charge on any atom is 0.273 e. The zero-order valence-electron chi connectivity index (χ0n) is 22.8. The second-order valence-corrected chi connectivity index (χ2v) is 10.2. The lowest BCUT2D eigenvalue weighted by molar-refractivity contribution is -0.122. The number of rotatable bonds is 6. The van der Waals surface area contributed by atoms with E-state index in [0.717, 1.165) is 69.1 Å². The van der Waals surface area contributed by atoms with Crippen LogP contribution in [0.4, 0.5) is 11.5 Å². The highest BCUT2D eigenvalue weighted by Gasteiger charge is 2.21. The molecule has 9 nitrogen and oxygen atoms in total. The number of benzene rings is 2. The number of nitrogens with one attached hydrogen (secondary N) is 2. The van der Waals surface area contributed by atoms with Gasteiger partial charge >= 0.3 is 0 Å². The topological polar surface area (TPSA) is 96.0 Å². The number of carbonyl (C=O) groups is 2. The molecule has 0 aliphatic carbocycles. The molecule has 2 aromatic carbocycles. The number of fused-ring (bicyclic) bond motifs is 3. The van der Waals surface area contributed by atoms with Crippen molar-refractivity contribution in [3.05, 3.63) is 83.6 Å². The van der Waals surface area contributed by atoms with Gasteiger partial charge in [-0.05, 0) is 54.7 Å². The minimum absolute atomic E-state index is 0.0228. The standard InChI is InChI=1S/C31H37N5O4/c37-30(32-21-24-8-6-9-25(20-24)22-35-15-18-39-19-16-35)23-36-14-4-1-5-17-40-28-12-3-2-10-26(28)33-29-13-7-11-27(34-29)31(36)38/h2-3,6-13,20H,1,4-5,14-19,21-23H2,(H,32,37)(H,33,34). The van der Waals surface area contributed by atoms with Crippen LogP contribution in [0.15, 0.2) is 66.7 Å². The quantitative estimate of drug-likeness (QED) is 0.486. The molecule has 0 radical (unpaired) electrons. The minimum atomic E-state index is -0.257. The van der Waals surface area contributed by atoms with Gasteiger partial charge in [0.05, 0.1) is 32.1 Å². The Morgan fingerprint density at radius 3 is 2.62 bits per heavy atom. The molecule has 5 rings (SSSR count). The molecule has 0 atom stereocenters. The summed E-state index contributed by atoms with van der Waals surface area (Å²) in [5.41, 5.74) is 3.34. The van der Waals surface area contributed by atoms with E-state index >= 15 is 0 Å². The first kappa shape index (κ1) is 27.6. The van der Waals surface area contributed by atoms with Gasteiger partial charge in [0.15, 0.2) is 0 Å². The number of aromatic nitrogens is 1. The average Bonchev–Trinajstić information content (AvgIpc) is 2.98. The molecule has 2 aliphatic heterocycles. The van der Waals surface area contributed by atoms with Gasteiger partial charge in [0, 0.05) is 32.7 Å². The second kappa shape index (κ2) is 13.9. The third-order valence-electron chi connectivity index (χ3n) is 7.06. The normalized spacial score (nSPS) is 16.7. The van der Waals surface area contributed by atoms with Crippen LogP contribution in [0.1, 0.15) is 40.9 Å². The molecule has 1 aromatic heterocycles. The number of hydrogen-bond acceptors (Lipinski definition) is 7. The molecule has 3 aromatic rings. The van der Waals surface area contributed by atoms with E-state index in [-0.39, 0.29) is 18.4 Å². The highest BCUT2D eigenvalue weighted by Crippen LogP contribution is 2.27. The van der Waals surface area contributed by atoms with Gasteiger partial charge in [-0.1, -0.05) is 42.5 Å². The number of carbonyl (C=O) groups excluding carboxylic acids is 2. The van der Waals surface area contributed by atoms with Crippen molar-refractivity contribution < 1.29 is 19.1 Å². The molecule has 0 unspecified atom stereocenters. The lowest BCUT2D eigenvalue weighted by Gasteiger charge is -2.26. The number of para-hydroxylation sites is 2. The summed E-state index contributed by atoms with van der Waals surface area (Å²) < 4.78 is 11.4. The Kier molecular flexibility index (Phi) is 9.60. The van der Waals surface area contributed by atoms with Crippen LogP contribution in [-0.4, -0.2) is 72.6 Å². The first-order valence-electron chi connectivity index (χ1n) is 14.0. The summed E-state index contributed by atoms with van der Waals surface area (Å²) >= 11 is 0. The van der Waals surface area contributed by atoms with E-state index in [9.17, 15) is 9.59 Å². The number of anilines is 2. The van der Waals surface area contributed by atoms with E-state index in [2.05, 4.69) is 32.7 Å². The summed E-state index contributed by atoms with van der Waals surface area (Å²) in [6.45, 7) is 5.69. The van der Waals surface area contributed by atoms with Crippen molar-refractivity contribution in [1.82, 2.24) is 20.1 Å². The first-order valence-corrected chi connectivity index (χ1v) is 14.0. The maximum atomic E-state index is 13.5. The molecule has 2 bridgehead atoms. The number of ether oxygens (including phenoxy) is 2. The monoisotopic (exact) mass is 543 g/mol. The van der Waals surface area contributed by atoms with Crippen molar-refractivity contribution >= 4 is 23.3 Å². The Morgan fingerprint density at radius 2 is 1.73 bits per heavy atom. The SMILES string of the molecule is O=C(CN1CCCCCOc2ccccc2Nc2cccc(n2)C1=O)NCc1cccc(CN2CCOCC2)c1. The van der Waals surface area contributed by atoms with E-state index in [1.54, 1.807) is 17.0 Å². The molecular weight excluding hydrogens is 506 g/mol. The largest absolute Gasteiger partial charge is 0.491 e. The second-order valence-electron chi connectivity index (χ2n) is 10.2. The van der Waals surface area contributed by atoms with E-state index in [1.807, 2.05) is 42.5 Å². The molecule has 210 valence electrons. The average molecular weight is 544 g/mol. The van der Waals surface area contributed by atoms with Gasteiger partial charge in [0.1, 0.15) is 17.3 Å². The van der Waals surface area contributed by atoms with Crippen LogP contribution in [0.2, 0.25) is 0 Å². The van der Waals surface area contributed by atoms with Gasteiger partial charge in [-0.3, -0.25) is 14.5 Å². The maximum absolute atomic E-state index is 13.5. The number of morpholine rings is 1. The number of hydrogen-bond donors (Lipinski definition) is 2. The summed E-state index contributed by atoms with van der Waals surface area (Å²) in [7, 11) is 0. The molecule has 2 amide bonds. The fourth-order valence-electron chi connectivity index (χ4n) is 4.92. The highest BCUT2D eigenvalue weighted by atomic mass is 16.5. The van der Waals surface area contributed by atoms with Gasteiger partial charge in [0.25, 0.3) is 5.91 Å². The van der Waals surface area contributed by atoms with Crippen LogP contribution < -0.4 is 15.4 Å². The Hall–Kier alpha value is -3.95. The number of pyridine rings is 1. The molecule has 1 saturated heterocycles. The van der Waals surface area contributed by atoms with Gasteiger partial charge in [-0.15, -0.1) is 0 Å². The van der Waals surface area contributed by atoms with Crippen LogP contribution in [0.25, 0.3) is 0 Å². The predicted octanol–water partition coefficient (Wildman–Crippen LogP) is 3.98. The Morgan fingerprint density at radius 1 is 0.900 bits per heavy atom. The van der Waals surface area contributed by atoms with E-state index in [1.165, 1.54) is 5.56 Å². The number of nitrogens with zero attached hydrogens (tertiary/aromatic N) is 3. The third kappa shape index (κ3) is 7.80. The minimum Gasteiger partial charge on any atom is -0.491 e. The zero-order chi connectivity index (χ0) is 27.6. The van der Waals surface area contributed by atoms with Crippen molar-refractivity contribution in [2.75, 3.05) is 51.3 Å². The van der Waals surface area contributed by atoms with Crippen molar-refractivity contribution in [3.63, 3.8) is 0 Å². The lowest BCUT2D eigenvalue weighted by Crippen LogP contribution is -2.41. The zero-order valence-corrected chi connectivity index (χ0v) is 22.8. The van der Waals surface area contributed by atoms with Crippen LogP contribution in [-0.2, 0) is 22.6 Å². The van der Waals surface area contributed by atoms with Crippen LogP contribution in [0.5, 0.6) is 5.75 Å². The molecule has 0 spiro atoms. The smallest absolute Gasteiger partial charge is 0.273 e. The van der Waals surface area contributed by atoms with Gasteiger partial charge < -0.3 is 25.0 Å². The Bertz CT molecular complexity index is 1290. The number of amides is 2. The molecule has 1 fully saturated rings.